The number of carbonyl (C=O) groups excluding carboxylic acids is 5. The van der Waals surface area contributed by atoms with Crippen LogP contribution in [0.2, 0.25) is 0 Å². The smallest absolute Gasteiger partial charge is 0.326 e. The van der Waals surface area contributed by atoms with Gasteiger partial charge in [-0.15, -0.1) is 0 Å². The highest BCUT2D eigenvalue weighted by molar-refractivity contribution is 5.98. The van der Waals surface area contributed by atoms with Crippen LogP contribution in [0.15, 0.2) is 0 Å². The molecule has 4 atom stereocenters. The monoisotopic (exact) mass is 639 g/mol. The molecule has 0 spiro atoms. The quantitative estimate of drug-likeness (QED) is 0.128. The highest BCUT2D eigenvalue weighted by Crippen LogP contribution is 2.21. The van der Waals surface area contributed by atoms with Crippen LogP contribution in [-0.4, -0.2) is 93.8 Å². The lowest BCUT2D eigenvalue weighted by Crippen LogP contribution is -2.60. The van der Waals surface area contributed by atoms with Crippen LogP contribution >= 0.6 is 0 Å². The van der Waals surface area contributed by atoms with Gasteiger partial charge in [-0.25, -0.2) is 4.79 Å². The van der Waals surface area contributed by atoms with Gasteiger partial charge < -0.3 is 36.4 Å². The summed E-state index contributed by atoms with van der Waals surface area (Å²) in [6.07, 6.45) is 2.07. The van der Waals surface area contributed by atoms with Gasteiger partial charge in [-0.1, -0.05) is 61.3 Å². The Morgan fingerprint density at radius 2 is 1.20 bits per heavy atom. The van der Waals surface area contributed by atoms with Crippen molar-refractivity contribution in [2.45, 2.75) is 124 Å². The van der Waals surface area contributed by atoms with E-state index < -0.39 is 78.0 Å². The van der Waals surface area contributed by atoms with Crippen molar-refractivity contribution in [1.82, 2.24) is 26.2 Å². The number of amides is 5. The summed E-state index contributed by atoms with van der Waals surface area (Å²) in [5, 5.41) is 28.9. The molecule has 256 valence electrons. The molecule has 0 radical (unpaired) electrons. The number of nitrogens with one attached hydrogen (secondary N) is 4. The number of carboxylic acid groups (broad SMARTS) is 2. The molecule has 1 aliphatic rings. The number of aliphatic carboxylic acids is 2. The van der Waals surface area contributed by atoms with E-state index in [9.17, 15) is 43.8 Å². The zero-order valence-corrected chi connectivity index (χ0v) is 27.7. The van der Waals surface area contributed by atoms with Crippen LogP contribution in [0.1, 0.15) is 99.8 Å². The van der Waals surface area contributed by atoms with Gasteiger partial charge in [0.1, 0.15) is 24.2 Å². The van der Waals surface area contributed by atoms with Crippen molar-refractivity contribution in [1.29, 1.82) is 0 Å². The molecule has 14 heteroatoms. The minimum atomic E-state index is -1.69. The summed E-state index contributed by atoms with van der Waals surface area (Å²) in [6.45, 7) is 13.6. The van der Waals surface area contributed by atoms with Gasteiger partial charge >= 0.3 is 11.9 Å². The Morgan fingerprint density at radius 1 is 0.711 bits per heavy atom. The van der Waals surface area contributed by atoms with E-state index in [1.165, 1.54) is 0 Å². The Balaban J connectivity index is 3.29. The first-order chi connectivity index (χ1) is 20.9. The Kier molecular flexibility index (Phi) is 16.0. The van der Waals surface area contributed by atoms with Crippen molar-refractivity contribution < 1.29 is 43.8 Å². The van der Waals surface area contributed by atoms with Crippen molar-refractivity contribution >= 4 is 41.5 Å². The van der Waals surface area contributed by atoms with Crippen LogP contribution in [0.5, 0.6) is 0 Å². The normalized spacial score (nSPS) is 16.0. The minimum absolute atomic E-state index is 0.0645. The van der Waals surface area contributed by atoms with Crippen molar-refractivity contribution in [2.75, 3.05) is 13.1 Å². The van der Waals surface area contributed by atoms with E-state index in [1.54, 1.807) is 39.5 Å². The standard InChI is InChI=1S/C31H53N5O9/c1-8-19(9-2)15-23(37)35-26(31(5,6)7)29(43)33-20(16-24(38)36-12-10-11-13-36)27(41)32-21(17-25(39)40)28(42)34-22(30(44)45)14-18(3)4/h18-22,26H,8-17H2,1-7H3,(H,32,41)(H,33,43)(H,34,42)(H,35,37)(H,39,40)(H,44,45). The highest BCUT2D eigenvalue weighted by atomic mass is 16.4. The van der Waals surface area contributed by atoms with E-state index in [-0.39, 0.29) is 30.6 Å². The molecule has 45 heavy (non-hydrogen) atoms. The van der Waals surface area contributed by atoms with E-state index in [1.807, 2.05) is 13.8 Å². The second-order valence-corrected chi connectivity index (χ2v) is 13.3. The van der Waals surface area contributed by atoms with E-state index in [0.717, 1.165) is 25.7 Å². The molecule has 1 aliphatic heterocycles. The third-order valence-electron chi connectivity index (χ3n) is 7.87. The van der Waals surface area contributed by atoms with Crippen molar-refractivity contribution in [3.8, 4) is 0 Å². The lowest BCUT2D eigenvalue weighted by Gasteiger charge is -2.32. The Labute approximate surface area is 265 Å². The fourth-order valence-corrected chi connectivity index (χ4v) is 5.09. The first kappa shape index (κ1) is 39.3. The fourth-order valence-electron chi connectivity index (χ4n) is 5.09. The number of hydrogen-bond donors (Lipinski definition) is 6. The van der Waals surface area contributed by atoms with Crippen LogP contribution in [0.4, 0.5) is 0 Å². The van der Waals surface area contributed by atoms with Gasteiger partial charge in [-0.05, 0) is 36.5 Å². The van der Waals surface area contributed by atoms with Gasteiger partial charge in [0.05, 0.1) is 12.8 Å². The summed E-state index contributed by atoms with van der Waals surface area (Å²) in [5.41, 5.74) is -0.790. The third-order valence-corrected chi connectivity index (χ3v) is 7.87. The largest absolute Gasteiger partial charge is 0.481 e. The van der Waals surface area contributed by atoms with Crippen LogP contribution in [-0.2, 0) is 33.6 Å². The number of hydrogen-bond acceptors (Lipinski definition) is 7. The molecule has 0 aromatic carbocycles. The second-order valence-electron chi connectivity index (χ2n) is 13.3. The van der Waals surface area contributed by atoms with Crippen molar-refractivity contribution in [2.24, 2.45) is 17.3 Å². The molecular formula is C31H53N5O9. The molecule has 0 aromatic rings. The first-order valence-corrected chi connectivity index (χ1v) is 15.8. The summed E-state index contributed by atoms with van der Waals surface area (Å²) in [7, 11) is 0. The zero-order chi connectivity index (χ0) is 34.5. The van der Waals surface area contributed by atoms with Gasteiger partial charge in [0, 0.05) is 19.5 Å². The Morgan fingerprint density at radius 3 is 1.64 bits per heavy atom. The number of carboxylic acids is 2. The van der Waals surface area contributed by atoms with Gasteiger partial charge in [-0.3, -0.25) is 28.8 Å². The zero-order valence-electron chi connectivity index (χ0n) is 27.7. The molecule has 0 aliphatic carbocycles. The molecular weight excluding hydrogens is 586 g/mol. The summed E-state index contributed by atoms with van der Waals surface area (Å²) < 4.78 is 0. The van der Waals surface area contributed by atoms with Gasteiger partial charge in [0.25, 0.3) is 0 Å². The van der Waals surface area contributed by atoms with Crippen molar-refractivity contribution in [3.63, 3.8) is 0 Å². The van der Waals surface area contributed by atoms with Crippen LogP contribution in [0.3, 0.4) is 0 Å². The van der Waals surface area contributed by atoms with E-state index in [2.05, 4.69) is 21.3 Å². The molecule has 4 unspecified atom stereocenters. The molecule has 6 N–H and O–H groups in total. The first-order valence-electron chi connectivity index (χ1n) is 15.8. The molecule has 0 bridgehead atoms. The van der Waals surface area contributed by atoms with Crippen LogP contribution in [0.25, 0.3) is 0 Å². The van der Waals surface area contributed by atoms with E-state index in [4.69, 9.17) is 0 Å². The lowest BCUT2D eigenvalue weighted by atomic mass is 9.85. The maximum absolute atomic E-state index is 13.6. The minimum Gasteiger partial charge on any atom is -0.481 e. The lowest BCUT2D eigenvalue weighted by molar-refractivity contribution is -0.144. The fraction of sp³-hybridized carbons (Fsp3) is 0.774. The number of rotatable bonds is 18. The number of nitrogens with zero attached hydrogens (tertiary/aromatic N) is 1. The number of likely N-dealkylation sites (tertiary alicyclic amines) is 1. The molecule has 1 fully saturated rings. The molecule has 0 aromatic heterocycles. The number of carbonyl (C=O) groups is 7. The van der Waals surface area contributed by atoms with Crippen LogP contribution in [0, 0.1) is 17.3 Å². The maximum atomic E-state index is 13.6. The average Bonchev–Trinajstić information content (AvgIpc) is 3.47. The predicted octanol–water partition coefficient (Wildman–Crippen LogP) is 1.42. The SMILES string of the molecule is CCC(CC)CC(=O)NC(C(=O)NC(CC(=O)N1CCCC1)C(=O)NC(CC(=O)O)C(=O)NC(CC(C)C)C(=O)O)C(C)(C)C. The molecule has 1 saturated heterocycles. The molecule has 0 saturated carbocycles. The second kappa shape index (κ2) is 18.3. The van der Waals surface area contributed by atoms with Gasteiger partial charge in [0.15, 0.2) is 0 Å². The van der Waals surface area contributed by atoms with Crippen molar-refractivity contribution in [3.05, 3.63) is 0 Å². The van der Waals surface area contributed by atoms with E-state index >= 15 is 0 Å². The summed E-state index contributed by atoms with van der Waals surface area (Å²) in [4.78, 5) is 91.0. The van der Waals surface area contributed by atoms with Crippen LogP contribution < -0.4 is 21.3 Å². The maximum Gasteiger partial charge on any atom is 0.326 e. The Bertz CT molecular complexity index is 1060. The predicted molar refractivity (Wildman–Crippen MR) is 166 cm³/mol. The molecule has 1 rings (SSSR count). The molecule has 1 heterocycles. The van der Waals surface area contributed by atoms with Gasteiger partial charge in [-0.2, -0.15) is 0 Å². The molecule has 5 amide bonds. The Hall–Kier alpha value is -3.71. The molecule has 14 nitrogen and oxygen atoms in total. The average molecular weight is 640 g/mol. The summed E-state index contributed by atoms with van der Waals surface area (Å²) in [5.74, 6) is -6.24. The summed E-state index contributed by atoms with van der Waals surface area (Å²) in [6, 6.07) is -5.61. The van der Waals surface area contributed by atoms with Gasteiger partial charge in [0.2, 0.25) is 29.5 Å². The van der Waals surface area contributed by atoms with E-state index in [0.29, 0.717) is 13.1 Å². The third kappa shape index (κ3) is 13.9. The highest BCUT2D eigenvalue weighted by Gasteiger charge is 2.38. The summed E-state index contributed by atoms with van der Waals surface area (Å²) >= 11 is 0. The topological polar surface area (TPSA) is 211 Å².